The van der Waals surface area contributed by atoms with Gasteiger partial charge in [0.15, 0.2) is 0 Å². The molecular weight excluding hydrogens is 420 g/mol. The summed E-state index contributed by atoms with van der Waals surface area (Å²) >= 11 is 1.32. The average Bonchev–Trinajstić information content (AvgIpc) is 2.78. The van der Waals surface area contributed by atoms with Gasteiger partial charge < -0.3 is 10.1 Å². The molecule has 3 aromatic rings. The molecule has 1 amide bonds. The van der Waals surface area contributed by atoms with Crippen LogP contribution in [0.15, 0.2) is 88.7 Å². The molecule has 0 aromatic heterocycles. The monoisotopic (exact) mass is 442 g/mol. The largest absolute Gasteiger partial charge is 0.495 e. The Morgan fingerprint density at radius 3 is 2.27 bits per heavy atom. The molecule has 8 heteroatoms. The van der Waals surface area contributed by atoms with Crippen LogP contribution in [0.1, 0.15) is 0 Å². The minimum atomic E-state index is -3.66. The molecule has 0 aliphatic carbocycles. The van der Waals surface area contributed by atoms with Crippen molar-refractivity contribution in [2.45, 2.75) is 9.79 Å². The van der Waals surface area contributed by atoms with Crippen molar-refractivity contribution in [2.24, 2.45) is 0 Å². The number of amides is 1. The number of carbonyl (C=O) groups is 1. The van der Waals surface area contributed by atoms with Crippen molar-refractivity contribution in [3.8, 4) is 5.75 Å². The molecule has 6 nitrogen and oxygen atoms in total. The topological polar surface area (TPSA) is 75.7 Å². The molecule has 0 heterocycles. The molecule has 0 atom stereocenters. The molecule has 0 aliphatic rings. The lowest BCUT2D eigenvalue weighted by molar-refractivity contribution is -0.113. The normalized spacial score (nSPS) is 11.0. The zero-order valence-electron chi connectivity index (χ0n) is 16.6. The number of ether oxygens (including phenoxy) is 1. The highest BCUT2D eigenvalue weighted by Crippen LogP contribution is 2.26. The maximum Gasteiger partial charge on any atom is 0.264 e. The molecule has 30 heavy (non-hydrogen) atoms. The van der Waals surface area contributed by atoms with Gasteiger partial charge in [-0.05, 0) is 48.5 Å². The Morgan fingerprint density at radius 2 is 1.60 bits per heavy atom. The number of nitrogens with one attached hydrogen (secondary N) is 1. The summed E-state index contributed by atoms with van der Waals surface area (Å²) in [5.41, 5.74) is 1.19. The van der Waals surface area contributed by atoms with Crippen molar-refractivity contribution in [2.75, 3.05) is 29.5 Å². The molecular formula is C22H22N2O4S2. The number of anilines is 2. The van der Waals surface area contributed by atoms with E-state index in [2.05, 4.69) is 5.32 Å². The fraction of sp³-hybridized carbons (Fsp3) is 0.136. The highest BCUT2D eigenvalue weighted by atomic mass is 32.2. The van der Waals surface area contributed by atoms with Gasteiger partial charge in [0, 0.05) is 11.9 Å². The summed E-state index contributed by atoms with van der Waals surface area (Å²) < 4.78 is 32.1. The second kappa shape index (κ2) is 9.69. The van der Waals surface area contributed by atoms with Gasteiger partial charge in [-0.25, -0.2) is 8.42 Å². The molecule has 0 unspecified atom stereocenters. The minimum absolute atomic E-state index is 0.176. The van der Waals surface area contributed by atoms with E-state index < -0.39 is 10.0 Å². The number of thioether (sulfide) groups is 1. The van der Waals surface area contributed by atoms with E-state index in [4.69, 9.17) is 4.74 Å². The van der Waals surface area contributed by atoms with Crippen LogP contribution in [0.4, 0.5) is 11.4 Å². The van der Waals surface area contributed by atoms with Crippen LogP contribution in [-0.2, 0) is 14.8 Å². The second-order valence-corrected chi connectivity index (χ2v) is 9.33. The highest BCUT2D eigenvalue weighted by Gasteiger charge is 2.21. The SMILES string of the molecule is COc1ccccc1NC(=O)CSc1ccc(S(=O)(=O)N(C)c2ccccc2)cc1. The van der Waals surface area contributed by atoms with Crippen molar-refractivity contribution in [1.82, 2.24) is 0 Å². The number of rotatable bonds is 8. The lowest BCUT2D eigenvalue weighted by Gasteiger charge is -2.19. The van der Waals surface area contributed by atoms with Crippen molar-refractivity contribution in [3.05, 3.63) is 78.9 Å². The van der Waals surface area contributed by atoms with Crippen LogP contribution < -0.4 is 14.4 Å². The molecule has 0 fully saturated rings. The fourth-order valence-corrected chi connectivity index (χ4v) is 4.62. The lowest BCUT2D eigenvalue weighted by Crippen LogP contribution is -2.26. The van der Waals surface area contributed by atoms with Crippen LogP contribution in [0, 0.1) is 0 Å². The van der Waals surface area contributed by atoms with E-state index in [0.29, 0.717) is 17.1 Å². The molecule has 0 radical (unpaired) electrons. The molecule has 0 saturated carbocycles. The molecule has 1 N–H and O–H groups in total. The first kappa shape index (κ1) is 21.7. The Hall–Kier alpha value is -2.97. The third-order valence-electron chi connectivity index (χ3n) is 4.35. The summed E-state index contributed by atoms with van der Waals surface area (Å²) in [5.74, 6) is 0.603. The van der Waals surface area contributed by atoms with Crippen molar-refractivity contribution in [3.63, 3.8) is 0 Å². The van der Waals surface area contributed by atoms with Crippen LogP contribution in [0.3, 0.4) is 0 Å². The number of benzene rings is 3. The van der Waals surface area contributed by atoms with Crippen LogP contribution in [0.2, 0.25) is 0 Å². The Kier molecular flexibility index (Phi) is 7.02. The summed E-state index contributed by atoms with van der Waals surface area (Å²) in [5, 5.41) is 2.81. The number of sulfonamides is 1. The number of hydrogen-bond acceptors (Lipinski definition) is 5. The van der Waals surface area contributed by atoms with E-state index in [1.165, 1.54) is 23.1 Å². The predicted molar refractivity (Wildman–Crippen MR) is 121 cm³/mol. The van der Waals surface area contributed by atoms with Crippen LogP contribution in [0.25, 0.3) is 0 Å². The van der Waals surface area contributed by atoms with Gasteiger partial charge in [-0.15, -0.1) is 11.8 Å². The summed E-state index contributed by atoms with van der Waals surface area (Å²) in [6.07, 6.45) is 0. The Balaban J connectivity index is 1.62. The van der Waals surface area contributed by atoms with E-state index in [0.717, 1.165) is 4.90 Å². The van der Waals surface area contributed by atoms with Gasteiger partial charge in [-0.1, -0.05) is 30.3 Å². The van der Waals surface area contributed by atoms with Crippen molar-refractivity contribution < 1.29 is 17.9 Å². The first-order valence-electron chi connectivity index (χ1n) is 9.11. The summed E-state index contributed by atoms with van der Waals surface area (Å²) in [7, 11) is -0.588. The van der Waals surface area contributed by atoms with Gasteiger partial charge in [-0.3, -0.25) is 9.10 Å². The Labute approximate surface area is 180 Å². The number of nitrogens with zero attached hydrogens (tertiary/aromatic N) is 1. The van der Waals surface area contributed by atoms with Gasteiger partial charge in [0.2, 0.25) is 5.91 Å². The third-order valence-corrected chi connectivity index (χ3v) is 7.16. The number of para-hydroxylation sites is 3. The van der Waals surface area contributed by atoms with E-state index in [9.17, 15) is 13.2 Å². The van der Waals surface area contributed by atoms with E-state index >= 15 is 0 Å². The molecule has 0 saturated heterocycles. The molecule has 3 aromatic carbocycles. The standard InChI is InChI=1S/C22H22N2O4S2/c1-24(17-8-4-3-5-9-17)30(26,27)19-14-12-18(13-15-19)29-16-22(25)23-20-10-6-7-11-21(20)28-2/h3-15H,16H2,1-2H3,(H,23,25). The van der Waals surface area contributed by atoms with Gasteiger partial charge in [-0.2, -0.15) is 0 Å². The number of carbonyl (C=O) groups excluding carboxylic acids is 1. The minimum Gasteiger partial charge on any atom is -0.495 e. The smallest absolute Gasteiger partial charge is 0.264 e. The molecule has 0 bridgehead atoms. The second-order valence-electron chi connectivity index (χ2n) is 6.32. The summed E-state index contributed by atoms with van der Waals surface area (Å²) in [6, 6.07) is 22.6. The van der Waals surface area contributed by atoms with E-state index in [1.807, 2.05) is 18.2 Å². The molecule has 0 spiro atoms. The van der Waals surface area contributed by atoms with Crippen LogP contribution in [0.5, 0.6) is 5.75 Å². The fourth-order valence-electron chi connectivity index (χ4n) is 2.73. The first-order chi connectivity index (χ1) is 14.4. The zero-order valence-corrected chi connectivity index (χ0v) is 18.2. The van der Waals surface area contributed by atoms with Gasteiger partial charge in [0.05, 0.1) is 29.1 Å². The average molecular weight is 443 g/mol. The first-order valence-corrected chi connectivity index (χ1v) is 11.5. The van der Waals surface area contributed by atoms with Gasteiger partial charge >= 0.3 is 0 Å². The maximum absolute atomic E-state index is 12.8. The predicted octanol–water partition coefficient (Wildman–Crippen LogP) is 4.25. The number of methoxy groups -OCH3 is 1. The summed E-state index contributed by atoms with van der Waals surface area (Å²) in [4.78, 5) is 13.2. The summed E-state index contributed by atoms with van der Waals surface area (Å²) in [6.45, 7) is 0. The van der Waals surface area contributed by atoms with Gasteiger partial charge in [0.1, 0.15) is 5.75 Å². The molecule has 3 rings (SSSR count). The lowest BCUT2D eigenvalue weighted by atomic mass is 10.3. The van der Waals surface area contributed by atoms with Gasteiger partial charge in [0.25, 0.3) is 10.0 Å². The zero-order chi connectivity index (χ0) is 21.6. The van der Waals surface area contributed by atoms with Crippen molar-refractivity contribution in [1.29, 1.82) is 0 Å². The quantitative estimate of drug-likeness (QED) is 0.528. The molecule has 0 aliphatic heterocycles. The van der Waals surface area contributed by atoms with Crippen molar-refractivity contribution >= 4 is 39.1 Å². The maximum atomic E-state index is 12.8. The highest BCUT2D eigenvalue weighted by molar-refractivity contribution is 8.00. The van der Waals surface area contributed by atoms with Crippen LogP contribution >= 0.6 is 11.8 Å². The van der Waals surface area contributed by atoms with E-state index in [1.54, 1.807) is 67.8 Å². The molecule has 156 valence electrons. The number of hydrogen-bond donors (Lipinski definition) is 1. The van der Waals surface area contributed by atoms with Crippen LogP contribution in [-0.4, -0.2) is 34.2 Å². The Bertz CT molecular complexity index is 1100. The Morgan fingerprint density at radius 1 is 0.967 bits per heavy atom. The van der Waals surface area contributed by atoms with E-state index in [-0.39, 0.29) is 16.6 Å². The third kappa shape index (κ3) is 5.14.